The zero-order chi connectivity index (χ0) is 28.9. The summed E-state index contributed by atoms with van der Waals surface area (Å²) in [4.78, 5) is 20.0. The van der Waals surface area contributed by atoms with E-state index < -0.39 is 0 Å². The van der Waals surface area contributed by atoms with Gasteiger partial charge in [-0.2, -0.15) is 5.10 Å². The topological polar surface area (TPSA) is 129 Å². The lowest BCUT2D eigenvalue weighted by molar-refractivity contribution is 0.114. The first-order valence-electron chi connectivity index (χ1n) is 13.8. The fourth-order valence-electron chi connectivity index (χ4n) is 4.88. The van der Waals surface area contributed by atoms with Gasteiger partial charge in [-0.05, 0) is 58.0 Å². The van der Waals surface area contributed by atoms with Gasteiger partial charge in [0, 0.05) is 56.2 Å². The SMILES string of the molecule is Cc1nn(C)c(OCC[C@H](C)Nc2cc(Cl)ncc2-c2ccc(OC3CCN(C)CC3)cn2)c1-c1nccc(N)n1. The fraction of sp³-hybridized carbons (Fsp3) is 0.414. The maximum absolute atomic E-state index is 6.27. The van der Waals surface area contributed by atoms with Gasteiger partial charge >= 0.3 is 0 Å². The van der Waals surface area contributed by atoms with E-state index in [0.29, 0.717) is 35.7 Å². The zero-order valence-electron chi connectivity index (χ0n) is 23.8. The van der Waals surface area contributed by atoms with Crippen molar-refractivity contribution in [1.82, 2.24) is 34.6 Å². The van der Waals surface area contributed by atoms with E-state index in [2.05, 4.69) is 49.2 Å². The van der Waals surface area contributed by atoms with Gasteiger partial charge in [-0.25, -0.2) is 19.6 Å². The maximum Gasteiger partial charge on any atom is 0.223 e. The third-order valence-electron chi connectivity index (χ3n) is 7.11. The Balaban J connectivity index is 1.23. The summed E-state index contributed by atoms with van der Waals surface area (Å²) in [5.74, 6) is 2.25. The third kappa shape index (κ3) is 7.04. The molecule has 216 valence electrons. The molecule has 0 aliphatic carbocycles. The Morgan fingerprint density at radius 3 is 2.66 bits per heavy atom. The molecular formula is C29H36ClN9O2. The van der Waals surface area contributed by atoms with Gasteiger partial charge in [0.15, 0.2) is 5.82 Å². The predicted molar refractivity (Wildman–Crippen MR) is 160 cm³/mol. The molecule has 4 aromatic rings. The second kappa shape index (κ2) is 12.7. The molecule has 12 heteroatoms. The van der Waals surface area contributed by atoms with Gasteiger partial charge in [-0.3, -0.25) is 4.98 Å². The summed E-state index contributed by atoms with van der Waals surface area (Å²) < 4.78 is 14.0. The van der Waals surface area contributed by atoms with Gasteiger partial charge in [0.2, 0.25) is 5.88 Å². The van der Waals surface area contributed by atoms with Crippen LogP contribution in [0.3, 0.4) is 0 Å². The average Bonchev–Trinajstić information content (AvgIpc) is 3.23. The van der Waals surface area contributed by atoms with Crippen molar-refractivity contribution < 1.29 is 9.47 Å². The largest absolute Gasteiger partial charge is 0.489 e. The van der Waals surface area contributed by atoms with Crippen LogP contribution in [0.15, 0.2) is 42.9 Å². The van der Waals surface area contributed by atoms with Crippen molar-refractivity contribution in [3.05, 3.63) is 53.7 Å². The number of aromatic nitrogens is 6. The van der Waals surface area contributed by atoms with Crippen LogP contribution in [0.1, 0.15) is 31.9 Å². The molecule has 5 rings (SSSR count). The first kappa shape index (κ1) is 28.6. The smallest absolute Gasteiger partial charge is 0.223 e. The molecule has 11 nitrogen and oxygen atoms in total. The number of hydrogen-bond acceptors (Lipinski definition) is 10. The summed E-state index contributed by atoms with van der Waals surface area (Å²) in [6.07, 6.45) is 8.11. The molecule has 0 unspecified atom stereocenters. The van der Waals surface area contributed by atoms with Crippen LogP contribution in [0.5, 0.6) is 11.6 Å². The molecule has 0 aromatic carbocycles. The minimum absolute atomic E-state index is 0.0562. The summed E-state index contributed by atoms with van der Waals surface area (Å²) in [6.45, 7) is 6.52. The van der Waals surface area contributed by atoms with Gasteiger partial charge in [0.1, 0.15) is 28.4 Å². The van der Waals surface area contributed by atoms with Crippen molar-refractivity contribution in [2.75, 3.05) is 37.8 Å². The van der Waals surface area contributed by atoms with Crippen molar-refractivity contribution in [2.45, 2.75) is 45.3 Å². The van der Waals surface area contributed by atoms with E-state index in [4.69, 9.17) is 26.8 Å². The number of rotatable bonds is 10. The molecule has 1 fully saturated rings. The number of nitrogen functional groups attached to an aromatic ring is 1. The summed E-state index contributed by atoms with van der Waals surface area (Å²) in [7, 11) is 3.98. The van der Waals surface area contributed by atoms with Crippen LogP contribution < -0.4 is 20.5 Å². The zero-order valence-corrected chi connectivity index (χ0v) is 24.6. The quantitative estimate of drug-likeness (QED) is 0.257. The molecule has 1 aliphatic rings. The Labute approximate surface area is 245 Å². The third-order valence-corrected chi connectivity index (χ3v) is 7.32. The van der Waals surface area contributed by atoms with Crippen molar-refractivity contribution in [2.24, 2.45) is 7.05 Å². The molecule has 41 heavy (non-hydrogen) atoms. The molecule has 0 amide bonds. The lowest BCUT2D eigenvalue weighted by Gasteiger charge is -2.29. The summed E-state index contributed by atoms with van der Waals surface area (Å²) in [5, 5.41) is 8.45. The molecule has 0 radical (unpaired) electrons. The van der Waals surface area contributed by atoms with Crippen LogP contribution in [0, 0.1) is 6.92 Å². The van der Waals surface area contributed by atoms with Crippen LogP contribution in [-0.4, -0.2) is 73.5 Å². The highest BCUT2D eigenvalue weighted by Crippen LogP contribution is 2.32. The average molecular weight is 578 g/mol. The molecular weight excluding hydrogens is 542 g/mol. The Morgan fingerprint density at radius 1 is 1.12 bits per heavy atom. The highest BCUT2D eigenvalue weighted by Gasteiger charge is 2.21. The normalized spacial score (nSPS) is 15.0. The molecule has 1 saturated heterocycles. The number of likely N-dealkylation sites (tertiary alicyclic amines) is 1. The number of hydrogen-bond donors (Lipinski definition) is 2. The monoisotopic (exact) mass is 577 g/mol. The lowest BCUT2D eigenvalue weighted by atomic mass is 10.1. The molecule has 1 atom stereocenters. The summed E-state index contributed by atoms with van der Waals surface area (Å²) in [6, 6.07) is 7.45. The van der Waals surface area contributed by atoms with E-state index in [1.807, 2.05) is 32.2 Å². The summed E-state index contributed by atoms with van der Waals surface area (Å²) in [5.41, 5.74) is 9.87. The first-order valence-corrected chi connectivity index (χ1v) is 14.1. The number of nitrogens with zero attached hydrogens (tertiary/aromatic N) is 7. The molecule has 1 aliphatic heterocycles. The van der Waals surface area contributed by atoms with Gasteiger partial charge < -0.3 is 25.4 Å². The maximum atomic E-state index is 6.27. The van der Waals surface area contributed by atoms with Crippen LogP contribution in [0.2, 0.25) is 5.15 Å². The van der Waals surface area contributed by atoms with Crippen LogP contribution in [0.4, 0.5) is 11.5 Å². The number of aryl methyl sites for hydroxylation is 2. The number of piperidine rings is 1. The van der Waals surface area contributed by atoms with Crippen molar-refractivity contribution in [3.8, 4) is 34.3 Å². The molecule has 0 spiro atoms. The van der Waals surface area contributed by atoms with Gasteiger partial charge in [-0.1, -0.05) is 11.6 Å². The second-order valence-corrected chi connectivity index (χ2v) is 10.8. The standard InChI is InChI=1S/C29H36ClN9O2/c1-18(10-14-40-29-27(19(2)37-39(29)4)28-32-11-7-26(31)36-28)35-24-15-25(30)34-17-22(24)23-6-5-21(16-33-23)41-20-8-12-38(3)13-9-20/h5-7,11,15-18,20H,8-10,12-14H2,1-4H3,(H,34,35)(H2,31,32,36)/t18-/m0/s1. The molecule has 4 aromatic heterocycles. The van der Waals surface area contributed by atoms with E-state index in [1.165, 1.54) is 0 Å². The number of anilines is 2. The Kier molecular flexibility index (Phi) is 8.84. The number of ether oxygens (including phenoxy) is 2. The highest BCUT2D eigenvalue weighted by atomic mass is 35.5. The number of nitrogens with one attached hydrogen (secondary N) is 1. The Morgan fingerprint density at radius 2 is 1.93 bits per heavy atom. The van der Waals surface area contributed by atoms with Crippen molar-refractivity contribution in [1.29, 1.82) is 0 Å². The fourth-order valence-corrected chi connectivity index (χ4v) is 5.04. The number of pyridine rings is 2. The van der Waals surface area contributed by atoms with E-state index in [0.717, 1.165) is 59.9 Å². The van der Waals surface area contributed by atoms with E-state index in [-0.39, 0.29) is 12.1 Å². The predicted octanol–water partition coefficient (Wildman–Crippen LogP) is 4.62. The summed E-state index contributed by atoms with van der Waals surface area (Å²) >= 11 is 6.27. The Hall–Kier alpha value is -3.96. The molecule has 0 bridgehead atoms. The van der Waals surface area contributed by atoms with Crippen molar-refractivity contribution in [3.63, 3.8) is 0 Å². The van der Waals surface area contributed by atoms with Crippen LogP contribution in [-0.2, 0) is 7.05 Å². The lowest BCUT2D eigenvalue weighted by Crippen LogP contribution is -2.35. The molecule has 0 saturated carbocycles. The minimum atomic E-state index is 0.0562. The molecule has 5 heterocycles. The second-order valence-electron chi connectivity index (χ2n) is 10.4. The number of halogens is 1. The van der Waals surface area contributed by atoms with E-state index in [1.54, 1.807) is 29.3 Å². The van der Waals surface area contributed by atoms with Gasteiger partial charge in [-0.15, -0.1) is 0 Å². The van der Waals surface area contributed by atoms with E-state index in [9.17, 15) is 0 Å². The van der Waals surface area contributed by atoms with Crippen LogP contribution >= 0.6 is 11.6 Å². The number of nitrogens with two attached hydrogens (primary N) is 1. The van der Waals surface area contributed by atoms with Gasteiger partial charge in [0.25, 0.3) is 0 Å². The minimum Gasteiger partial charge on any atom is -0.489 e. The Bertz CT molecular complexity index is 1470. The first-order chi connectivity index (χ1) is 19.8. The van der Waals surface area contributed by atoms with E-state index >= 15 is 0 Å². The van der Waals surface area contributed by atoms with Crippen LogP contribution in [0.25, 0.3) is 22.6 Å². The van der Waals surface area contributed by atoms with Crippen molar-refractivity contribution >= 4 is 23.1 Å². The molecule has 3 N–H and O–H groups in total. The van der Waals surface area contributed by atoms with Gasteiger partial charge in [0.05, 0.1) is 24.2 Å². The highest BCUT2D eigenvalue weighted by molar-refractivity contribution is 6.29.